The molecule has 1 N–H and O–H groups in total. The van der Waals surface area contributed by atoms with Crippen LogP contribution in [-0.4, -0.2) is 22.8 Å². The van der Waals surface area contributed by atoms with E-state index in [9.17, 15) is 9.90 Å². The van der Waals surface area contributed by atoms with Crippen LogP contribution >= 0.6 is 0 Å². The first-order valence-corrected chi connectivity index (χ1v) is 10.4. The number of aliphatic hydroxyl groups excluding tert-OH is 1. The summed E-state index contributed by atoms with van der Waals surface area (Å²) < 4.78 is 5.68. The number of allylic oxidation sites excluding steroid dienone is 1. The highest BCUT2D eigenvalue weighted by molar-refractivity contribution is 5.85. The SMILES string of the molecule is CCC(C)C(O)C(C/C(=C/c1ccccc1)c1ccccc1)C(=O)OC(C)(C)C. The van der Waals surface area contributed by atoms with Gasteiger partial charge in [0, 0.05) is 0 Å². The van der Waals surface area contributed by atoms with Gasteiger partial charge in [-0.15, -0.1) is 0 Å². The molecule has 0 saturated heterocycles. The number of aliphatic hydroxyl groups is 1. The maximum absolute atomic E-state index is 13.0. The normalized spacial score (nSPS) is 15.4. The lowest BCUT2D eigenvalue weighted by molar-refractivity contribution is -0.165. The molecule has 0 aliphatic heterocycles. The van der Waals surface area contributed by atoms with Crippen LogP contribution in [0.3, 0.4) is 0 Å². The van der Waals surface area contributed by atoms with Gasteiger partial charge in [-0.3, -0.25) is 4.79 Å². The van der Waals surface area contributed by atoms with E-state index in [0.29, 0.717) is 6.42 Å². The molecule has 0 saturated carbocycles. The van der Waals surface area contributed by atoms with Crippen molar-refractivity contribution < 1.29 is 14.6 Å². The van der Waals surface area contributed by atoms with Crippen molar-refractivity contribution in [1.29, 1.82) is 0 Å². The van der Waals surface area contributed by atoms with Crippen LogP contribution < -0.4 is 0 Å². The van der Waals surface area contributed by atoms with Gasteiger partial charge in [-0.1, -0.05) is 87.0 Å². The lowest BCUT2D eigenvalue weighted by Crippen LogP contribution is -2.38. The minimum absolute atomic E-state index is 0.00117. The second-order valence-electron chi connectivity index (χ2n) is 8.67. The summed E-state index contributed by atoms with van der Waals surface area (Å²) in [6.45, 7) is 9.57. The third-order valence-corrected chi connectivity index (χ3v) is 5.07. The van der Waals surface area contributed by atoms with Crippen LogP contribution in [0.4, 0.5) is 0 Å². The standard InChI is InChI=1S/C26H34O3/c1-6-19(2)24(27)23(25(28)29-26(3,4)5)18-22(21-15-11-8-12-16-21)17-20-13-9-7-10-14-20/h7-17,19,23-24,27H,6,18H2,1-5H3/b22-17-. The van der Waals surface area contributed by atoms with Gasteiger partial charge < -0.3 is 9.84 Å². The largest absolute Gasteiger partial charge is 0.460 e. The molecule has 0 aliphatic rings. The molecule has 29 heavy (non-hydrogen) atoms. The van der Waals surface area contributed by atoms with E-state index in [1.807, 2.05) is 95.3 Å². The van der Waals surface area contributed by atoms with E-state index < -0.39 is 17.6 Å². The van der Waals surface area contributed by atoms with Gasteiger partial charge in [0.15, 0.2) is 0 Å². The summed E-state index contributed by atoms with van der Waals surface area (Å²) in [5, 5.41) is 11.0. The van der Waals surface area contributed by atoms with Crippen molar-refractivity contribution in [3.8, 4) is 0 Å². The van der Waals surface area contributed by atoms with Crippen molar-refractivity contribution in [2.45, 2.75) is 59.2 Å². The molecule has 0 aromatic heterocycles. The van der Waals surface area contributed by atoms with Crippen LogP contribution in [0.15, 0.2) is 60.7 Å². The fraction of sp³-hybridized carbons (Fsp3) is 0.423. The highest BCUT2D eigenvalue weighted by Crippen LogP contribution is 2.31. The predicted molar refractivity (Wildman–Crippen MR) is 120 cm³/mol. The fourth-order valence-electron chi connectivity index (χ4n) is 3.26. The third-order valence-electron chi connectivity index (χ3n) is 5.07. The molecule has 3 heteroatoms. The number of benzene rings is 2. The summed E-state index contributed by atoms with van der Waals surface area (Å²) in [6.07, 6.45) is 2.54. The maximum Gasteiger partial charge on any atom is 0.312 e. The van der Waals surface area contributed by atoms with E-state index in [-0.39, 0.29) is 11.9 Å². The van der Waals surface area contributed by atoms with E-state index in [4.69, 9.17) is 4.74 Å². The molecule has 2 aromatic carbocycles. The Morgan fingerprint density at radius 1 is 1.03 bits per heavy atom. The Balaban J connectivity index is 2.43. The first-order chi connectivity index (χ1) is 13.7. The number of carbonyl (C=O) groups excluding carboxylic acids is 1. The zero-order chi connectivity index (χ0) is 21.4. The summed E-state index contributed by atoms with van der Waals surface area (Å²) in [4.78, 5) is 13.0. The first-order valence-electron chi connectivity index (χ1n) is 10.4. The molecule has 2 aromatic rings. The molecule has 156 valence electrons. The molecule has 3 nitrogen and oxygen atoms in total. The molecule has 0 aliphatic carbocycles. The number of ether oxygens (including phenoxy) is 1. The lowest BCUT2D eigenvalue weighted by Gasteiger charge is -2.30. The molecule has 0 radical (unpaired) electrons. The van der Waals surface area contributed by atoms with E-state index in [0.717, 1.165) is 23.1 Å². The number of hydrogen-bond donors (Lipinski definition) is 1. The summed E-state index contributed by atoms with van der Waals surface area (Å²) in [6, 6.07) is 20.1. The van der Waals surface area contributed by atoms with Gasteiger partial charge in [0.25, 0.3) is 0 Å². The Hall–Kier alpha value is -2.39. The molecule has 0 bridgehead atoms. The van der Waals surface area contributed by atoms with Crippen molar-refractivity contribution in [3.05, 3.63) is 71.8 Å². The molecule has 0 fully saturated rings. The molecule has 3 unspecified atom stereocenters. The zero-order valence-electron chi connectivity index (χ0n) is 18.3. The minimum atomic E-state index is -0.766. The van der Waals surface area contributed by atoms with Gasteiger partial charge in [-0.25, -0.2) is 0 Å². The van der Waals surface area contributed by atoms with Crippen LogP contribution in [0.1, 0.15) is 58.6 Å². The van der Waals surface area contributed by atoms with Crippen LogP contribution in [0.25, 0.3) is 11.6 Å². The van der Waals surface area contributed by atoms with E-state index >= 15 is 0 Å². The Morgan fingerprint density at radius 3 is 2.10 bits per heavy atom. The van der Waals surface area contributed by atoms with Crippen molar-refractivity contribution >= 4 is 17.6 Å². The topological polar surface area (TPSA) is 46.5 Å². The smallest absolute Gasteiger partial charge is 0.312 e. The second kappa shape index (κ2) is 10.4. The van der Waals surface area contributed by atoms with Crippen molar-refractivity contribution in [2.75, 3.05) is 0 Å². The van der Waals surface area contributed by atoms with Gasteiger partial charge in [-0.05, 0) is 49.8 Å². The zero-order valence-corrected chi connectivity index (χ0v) is 18.3. The highest BCUT2D eigenvalue weighted by atomic mass is 16.6. The molecule has 2 rings (SSSR count). The van der Waals surface area contributed by atoms with E-state index in [1.54, 1.807) is 0 Å². The van der Waals surface area contributed by atoms with Crippen LogP contribution in [0.5, 0.6) is 0 Å². The molecule has 0 amide bonds. The quantitative estimate of drug-likeness (QED) is 0.442. The van der Waals surface area contributed by atoms with Gasteiger partial charge in [0.05, 0.1) is 12.0 Å². The van der Waals surface area contributed by atoms with E-state index in [1.165, 1.54) is 0 Å². The predicted octanol–water partition coefficient (Wildman–Crippen LogP) is 5.98. The summed E-state index contributed by atoms with van der Waals surface area (Å²) in [5.41, 5.74) is 2.52. The van der Waals surface area contributed by atoms with Gasteiger partial charge >= 0.3 is 5.97 Å². The Bertz CT molecular complexity index is 788. The number of rotatable bonds is 8. The Morgan fingerprint density at radius 2 is 1.59 bits per heavy atom. The van der Waals surface area contributed by atoms with Gasteiger partial charge in [0.2, 0.25) is 0 Å². The lowest BCUT2D eigenvalue weighted by atomic mass is 9.83. The van der Waals surface area contributed by atoms with Crippen molar-refractivity contribution in [1.82, 2.24) is 0 Å². The van der Waals surface area contributed by atoms with Crippen LogP contribution in [0.2, 0.25) is 0 Å². The number of carbonyl (C=O) groups is 1. The average molecular weight is 395 g/mol. The minimum Gasteiger partial charge on any atom is -0.460 e. The number of esters is 1. The Kier molecular flexibility index (Phi) is 8.21. The fourth-order valence-corrected chi connectivity index (χ4v) is 3.26. The molecule has 0 spiro atoms. The summed E-state index contributed by atoms with van der Waals surface area (Å²) >= 11 is 0. The van der Waals surface area contributed by atoms with Crippen LogP contribution in [0, 0.1) is 11.8 Å². The second-order valence-corrected chi connectivity index (χ2v) is 8.67. The van der Waals surface area contributed by atoms with Crippen molar-refractivity contribution in [3.63, 3.8) is 0 Å². The molecule has 0 heterocycles. The van der Waals surface area contributed by atoms with Crippen LogP contribution in [-0.2, 0) is 9.53 Å². The third kappa shape index (κ3) is 7.17. The van der Waals surface area contributed by atoms with Crippen molar-refractivity contribution in [2.24, 2.45) is 11.8 Å². The molecular formula is C26H34O3. The average Bonchev–Trinajstić information content (AvgIpc) is 2.70. The summed E-state index contributed by atoms with van der Waals surface area (Å²) in [7, 11) is 0. The first kappa shape index (κ1) is 22.9. The maximum atomic E-state index is 13.0. The van der Waals surface area contributed by atoms with Gasteiger partial charge in [-0.2, -0.15) is 0 Å². The number of hydrogen-bond acceptors (Lipinski definition) is 3. The summed E-state index contributed by atoms with van der Waals surface area (Å²) in [5.74, 6) is -0.971. The Labute approximate surface area is 175 Å². The highest BCUT2D eigenvalue weighted by Gasteiger charge is 2.34. The monoisotopic (exact) mass is 394 g/mol. The molecular weight excluding hydrogens is 360 g/mol. The van der Waals surface area contributed by atoms with Gasteiger partial charge in [0.1, 0.15) is 5.60 Å². The van der Waals surface area contributed by atoms with E-state index in [2.05, 4.69) is 6.08 Å². The molecule has 3 atom stereocenters.